The summed E-state index contributed by atoms with van der Waals surface area (Å²) in [6.45, 7) is 10.7. The molecule has 1 aromatic rings. The Morgan fingerprint density at radius 1 is 1.24 bits per heavy atom. The minimum Gasteiger partial charge on any atom is -0.356 e. The maximum Gasteiger partial charge on any atom is 0.246 e. The van der Waals surface area contributed by atoms with E-state index >= 15 is 0 Å². The second-order valence-electron chi connectivity index (χ2n) is 14.0. The minimum atomic E-state index is -0.877. The van der Waals surface area contributed by atoms with E-state index in [4.69, 9.17) is 0 Å². The highest BCUT2D eigenvalue weighted by Crippen LogP contribution is 2.65. The van der Waals surface area contributed by atoms with Gasteiger partial charge in [0, 0.05) is 24.9 Å². The Morgan fingerprint density at radius 2 is 1.95 bits per heavy atom. The van der Waals surface area contributed by atoms with Gasteiger partial charge in [0.25, 0.3) is 0 Å². The third-order valence-electron chi connectivity index (χ3n) is 9.81. The van der Waals surface area contributed by atoms with Crippen LogP contribution in [0.1, 0.15) is 65.4 Å². The van der Waals surface area contributed by atoms with Crippen LogP contribution in [0, 0.1) is 51.6 Å². The van der Waals surface area contributed by atoms with Gasteiger partial charge in [0.1, 0.15) is 23.9 Å². The normalized spacial score (nSPS) is 30.4. The molecule has 2 aliphatic heterocycles. The number of carbonyl (C=O) groups excluding carboxylic acids is 4. The molecule has 0 spiro atoms. The lowest BCUT2D eigenvalue weighted by Crippen LogP contribution is -2.60. The molecule has 5 rings (SSSR count). The van der Waals surface area contributed by atoms with Crippen molar-refractivity contribution in [3.05, 3.63) is 34.1 Å². The molecule has 8 atom stereocenters. The number of fused-ring (bicyclic) bond motifs is 1. The van der Waals surface area contributed by atoms with Gasteiger partial charge in [-0.2, -0.15) is 5.26 Å². The van der Waals surface area contributed by atoms with Gasteiger partial charge in [-0.1, -0.05) is 40.7 Å². The molecule has 226 valence electrons. The van der Waals surface area contributed by atoms with E-state index in [1.807, 2.05) is 20.8 Å². The number of hydrogen-bond donors (Lipinski definition) is 3. The third-order valence-corrected chi connectivity index (χ3v) is 10.5. The number of nitrogens with one attached hydrogen (secondary N) is 3. The van der Waals surface area contributed by atoms with Crippen LogP contribution < -0.4 is 16.0 Å². The number of hydrogen-bond acceptors (Lipinski definition) is 5. The quantitative estimate of drug-likeness (QED) is 0.400. The summed E-state index contributed by atoms with van der Waals surface area (Å²) in [6, 6.07) is 4.48. The van der Waals surface area contributed by atoms with Gasteiger partial charge in [0.15, 0.2) is 0 Å². The van der Waals surface area contributed by atoms with Gasteiger partial charge < -0.3 is 20.9 Å². The van der Waals surface area contributed by atoms with Gasteiger partial charge >= 0.3 is 0 Å². The van der Waals surface area contributed by atoms with Crippen molar-refractivity contribution in [2.75, 3.05) is 13.1 Å². The van der Waals surface area contributed by atoms with Crippen LogP contribution in [0.3, 0.4) is 0 Å². The molecule has 1 aromatic carbocycles. The van der Waals surface area contributed by atoms with Crippen LogP contribution in [0.5, 0.6) is 0 Å². The van der Waals surface area contributed by atoms with E-state index in [1.54, 1.807) is 17.0 Å². The summed E-state index contributed by atoms with van der Waals surface area (Å²) in [7, 11) is 0. The van der Waals surface area contributed by atoms with Gasteiger partial charge in [-0.05, 0) is 81.5 Å². The Labute approximate surface area is 254 Å². The summed E-state index contributed by atoms with van der Waals surface area (Å²) in [5, 5.41) is 18.3. The van der Waals surface area contributed by atoms with Crippen molar-refractivity contribution in [1.82, 2.24) is 20.9 Å². The summed E-state index contributed by atoms with van der Waals surface area (Å²) in [5.41, 5.74) is -0.0291. The van der Waals surface area contributed by atoms with E-state index in [9.17, 15) is 28.8 Å². The molecule has 4 aliphatic rings. The summed E-state index contributed by atoms with van der Waals surface area (Å²) in [5.74, 6) is -2.22. The molecule has 2 aliphatic carbocycles. The highest BCUT2D eigenvalue weighted by atomic mass is 79.9. The molecule has 42 heavy (non-hydrogen) atoms. The number of benzene rings is 1. The zero-order chi connectivity index (χ0) is 30.7. The number of likely N-dealkylation sites (tertiary alicyclic amines) is 1. The van der Waals surface area contributed by atoms with Crippen molar-refractivity contribution in [3.8, 4) is 6.07 Å². The average molecular weight is 645 g/mol. The zero-order valence-electron chi connectivity index (χ0n) is 24.7. The Balaban J connectivity index is 1.30. The molecule has 4 amide bonds. The number of nitrogens with zero attached hydrogens (tertiary/aromatic N) is 2. The standard InChI is InChI=1S/C31H39BrFN5O4/c1-30(2,3)25(37-27(40)19-12-18(19)15-6-7-21(32)22(33)11-15)29(42)38-14-20-23(31(20,4)5)24(38)28(41)36-17(13-34)10-16-8-9-35-26(16)39/h6-7,11,16-20,23-25H,8-10,12,14H2,1-5H3,(H,35,39)(H,36,41)(H,37,40)/t16-,17-,18-,19+,20-,23-,24-,25+/m0/s1. The first kappa shape index (κ1) is 30.5. The monoisotopic (exact) mass is 643 g/mol. The number of rotatable bonds is 8. The molecule has 4 fully saturated rings. The topological polar surface area (TPSA) is 131 Å². The van der Waals surface area contributed by atoms with E-state index in [2.05, 4.69) is 51.8 Å². The Morgan fingerprint density at radius 3 is 2.55 bits per heavy atom. The van der Waals surface area contributed by atoms with Crippen molar-refractivity contribution < 1.29 is 23.6 Å². The van der Waals surface area contributed by atoms with Crippen LogP contribution >= 0.6 is 15.9 Å². The van der Waals surface area contributed by atoms with E-state index < -0.39 is 29.4 Å². The van der Waals surface area contributed by atoms with Crippen molar-refractivity contribution in [2.45, 2.75) is 77.9 Å². The highest BCUT2D eigenvalue weighted by Gasteiger charge is 2.70. The SMILES string of the molecule is CC(C)(C)[C@H](NC(=O)[C@@H]1C[C@H]1c1ccc(Br)c(F)c1)C(=O)N1C[C@H]2[C@@H]([C@H]1C(=O)N[C@H](C#N)C[C@@H]1CCNC1=O)C2(C)C. The molecule has 3 N–H and O–H groups in total. The first-order valence-electron chi connectivity index (χ1n) is 14.7. The van der Waals surface area contributed by atoms with Crippen molar-refractivity contribution >= 4 is 39.6 Å². The molecule has 0 aromatic heterocycles. The molecule has 2 saturated heterocycles. The van der Waals surface area contributed by atoms with Crippen LogP contribution in [0.2, 0.25) is 0 Å². The van der Waals surface area contributed by atoms with Gasteiger partial charge in [-0.3, -0.25) is 19.2 Å². The summed E-state index contributed by atoms with van der Waals surface area (Å²) in [6.07, 6.45) is 1.40. The molecule has 0 radical (unpaired) electrons. The number of amides is 4. The summed E-state index contributed by atoms with van der Waals surface area (Å²) >= 11 is 3.16. The highest BCUT2D eigenvalue weighted by molar-refractivity contribution is 9.10. The van der Waals surface area contributed by atoms with E-state index in [-0.39, 0.29) is 65.0 Å². The molecule has 11 heteroatoms. The Hall–Kier alpha value is -3.00. The summed E-state index contributed by atoms with van der Waals surface area (Å²) in [4.78, 5) is 54.8. The average Bonchev–Trinajstić information content (AvgIpc) is 3.67. The van der Waals surface area contributed by atoms with Crippen molar-refractivity contribution in [2.24, 2.45) is 34.5 Å². The molecular formula is C31H39BrFN5O4. The van der Waals surface area contributed by atoms with Gasteiger partial charge in [-0.15, -0.1) is 0 Å². The minimum absolute atomic E-state index is 0.0630. The Bertz CT molecular complexity index is 1350. The fourth-order valence-corrected chi connectivity index (χ4v) is 7.28. The molecule has 2 saturated carbocycles. The number of carbonyl (C=O) groups is 4. The molecular weight excluding hydrogens is 605 g/mol. The second-order valence-corrected chi connectivity index (χ2v) is 14.9. The lowest BCUT2D eigenvalue weighted by molar-refractivity contribution is -0.145. The van der Waals surface area contributed by atoms with Crippen molar-refractivity contribution in [3.63, 3.8) is 0 Å². The van der Waals surface area contributed by atoms with Gasteiger partial charge in [0.05, 0.1) is 10.5 Å². The van der Waals surface area contributed by atoms with Gasteiger partial charge in [0.2, 0.25) is 23.6 Å². The fourth-order valence-electron chi connectivity index (χ4n) is 7.03. The lowest BCUT2D eigenvalue weighted by Gasteiger charge is -2.38. The number of piperidine rings is 1. The lowest BCUT2D eigenvalue weighted by atomic mass is 9.85. The van der Waals surface area contributed by atoms with E-state index in [0.29, 0.717) is 30.4 Å². The number of halogens is 2. The number of nitriles is 1. The van der Waals surface area contributed by atoms with Gasteiger partial charge in [-0.25, -0.2) is 4.39 Å². The Kier molecular flexibility index (Phi) is 7.92. The third kappa shape index (κ3) is 5.67. The van der Waals surface area contributed by atoms with Crippen LogP contribution in [-0.2, 0) is 19.2 Å². The predicted octanol–water partition coefficient (Wildman–Crippen LogP) is 3.24. The molecule has 2 heterocycles. The smallest absolute Gasteiger partial charge is 0.246 e. The molecule has 0 bridgehead atoms. The van der Waals surface area contributed by atoms with Crippen molar-refractivity contribution in [1.29, 1.82) is 5.26 Å². The first-order valence-corrected chi connectivity index (χ1v) is 15.5. The largest absolute Gasteiger partial charge is 0.356 e. The van der Waals surface area contributed by atoms with Crippen LogP contribution in [0.25, 0.3) is 0 Å². The van der Waals surface area contributed by atoms with E-state index in [1.165, 1.54) is 6.07 Å². The summed E-state index contributed by atoms with van der Waals surface area (Å²) < 4.78 is 14.4. The van der Waals surface area contributed by atoms with Crippen LogP contribution in [0.4, 0.5) is 4.39 Å². The van der Waals surface area contributed by atoms with E-state index in [0.717, 1.165) is 5.56 Å². The van der Waals surface area contributed by atoms with Crippen LogP contribution in [0.15, 0.2) is 22.7 Å². The second kappa shape index (κ2) is 10.9. The maximum atomic E-state index is 14.1. The molecule has 0 unspecified atom stereocenters. The molecule has 9 nitrogen and oxygen atoms in total. The first-order chi connectivity index (χ1) is 19.6. The van der Waals surface area contributed by atoms with Crippen LogP contribution in [-0.4, -0.2) is 59.7 Å². The predicted molar refractivity (Wildman–Crippen MR) is 156 cm³/mol. The zero-order valence-corrected chi connectivity index (χ0v) is 26.3. The maximum absolute atomic E-state index is 14.1. The fraction of sp³-hybridized carbons (Fsp3) is 0.645.